The van der Waals surface area contributed by atoms with Crippen LogP contribution in [0.5, 0.6) is 5.75 Å². The largest absolute Gasteiger partial charge is 0.476 e. The van der Waals surface area contributed by atoms with Crippen molar-refractivity contribution in [3.05, 3.63) is 90.3 Å². The highest BCUT2D eigenvalue weighted by Gasteiger charge is 2.44. The van der Waals surface area contributed by atoms with E-state index in [1.54, 1.807) is 6.07 Å². The summed E-state index contributed by atoms with van der Waals surface area (Å²) in [4.78, 5) is 26.4. The van der Waals surface area contributed by atoms with Crippen molar-refractivity contribution in [1.29, 1.82) is 0 Å². The van der Waals surface area contributed by atoms with Crippen molar-refractivity contribution in [3.63, 3.8) is 0 Å². The van der Waals surface area contributed by atoms with E-state index in [1.807, 2.05) is 42.5 Å². The number of carbonyl (C=O) groups is 2. The molecule has 2 aliphatic carbocycles. The molecule has 36 heavy (non-hydrogen) atoms. The third-order valence-corrected chi connectivity index (χ3v) is 6.91. The lowest BCUT2D eigenvalue weighted by atomic mass is 9.96. The normalized spacial score (nSPS) is 18.9. The highest BCUT2D eigenvalue weighted by atomic mass is 16.6. The Kier molecular flexibility index (Phi) is 6.80. The van der Waals surface area contributed by atoms with Crippen LogP contribution in [0.3, 0.4) is 0 Å². The second-order valence-electron chi connectivity index (χ2n) is 9.15. The van der Waals surface area contributed by atoms with E-state index in [-0.39, 0.29) is 5.91 Å². The Hall–Kier alpha value is -4.00. The lowest BCUT2D eigenvalue weighted by Crippen LogP contribution is -2.53. The van der Waals surface area contributed by atoms with Crippen molar-refractivity contribution in [2.24, 2.45) is 0 Å². The van der Waals surface area contributed by atoms with E-state index >= 15 is 0 Å². The van der Waals surface area contributed by atoms with Crippen molar-refractivity contribution in [1.82, 2.24) is 5.32 Å². The van der Waals surface area contributed by atoms with Crippen molar-refractivity contribution < 1.29 is 28.5 Å². The van der Waals surface area contributed by atoms with Crippen molar-refractivity contribution in [2.75, 3.05) is 7.11 Å². The van der Waals surface area contributed by atoms with Crippen LogP contribution in [-0.4, -0.2) is 30.6 Å². The third kappa shape index (κ3) is 4.61. The van der Waals surface area contributed by atoms with Crippen LogP contribution in [0.15, 0.2) is 84.7 Å². The van der Waals surface area contributed by atoms with Crippen LogP contribution in [0.2, 0.25) is 0 Å². The van der Waals surface area contributed by atoms with Gasteiger partial charge in [-0.3, -0.25) is 4.79 Å². The zero-order valence-electron chi connectivity index (χ0n) is 20.2. The fourth-order valence-corrected chi connectivity index (χ4v) is 5.06. The summed E-state index contributed by atoms with van der Waals surface area (Å²) in [7, 11) is 1.35. The number of allylic oxidation sites excluding steroid dienone is 3. The van der Waals surface area contributed by atoms with Crippen LogP contribution in [-0.2, 0) is 19.0 Å². The summed E-state index contributed by atoms with van der Waals surface area (Å²) in [6.07, 6.45) is 14.3. The number of rotatable bonds is 7. The maximum absolute atomic E-state index is 13.7. The number of nitrogens with one attached hydrogen (secondary N) is 1. The average Bonchev–Trinajstić information content (AvgIpc) is 3.41. The number of hydrogen-bond acceptors (Lipinski definition) is 6. The van der Waals surface area contributed by atoms with Gasteiger partial charge >= 0.3 is 5.97 Å². The molecule has 0 aromatic heterocycles. The van der Waals surface area contributed by atoms with Crippen LogP contribution in [0.4, 0.5) is 0 Å². The standard InChI is InChI=1S/C29H29NO6/c1-33-28(32)29(15-7-8-16-29)30-27(31)23-14-13-20-9-5-6-12-22(20)26(23)36-25(21-10-3-2-4-11-21)24-19-34-17-18-35-24/h2-3,5-6,9-10,12-14,17-19,25H,4,7-8,11,15-16H2,1H3,(H,30,31). The molecule has 1 heterocycles. The summed E-state index contributed by atoms with van der Waals surface area (Å²) >= 11 is 0. The van der Waals surface area contributed by atoms with Crippen LogP contribution in [0.1, 0.15) is 48.9 Å². The number of methoxy groups -OCH3 is 1. The predicted octanol–water partition coefficient (Wildman–Crippen LogP) is 5.44. The second kappa shape index (κ2) is 10.3. The number of amides is 1. The number of carbonyl (C=O) groups excluding carboxylic acids is 2. The number of esters is 1. The fourth-order valence-electron chi connectivity index (χ4n) is 5.06. The van der Waals surface area contributed by atoms with Gasteiger partial charge in [0.1, 0.15) is 30.1 Å². The summed E-state index contributed by atoms with van der Waals surface area (Å²) in [6, 6.07) is 11.4. The lowest BCUT2D eigenvalue weighted by Gasteiger charge is -2.29. The van der Waals surface area contributed by atoms with Gasteiger partial charge in [-0.25, -0.2) is 4.79 Å². The average molecular weight is 488 g/mol. The molecule has 1 unspecified atom stereocenters. The Morgan fingerprint density at radius 2 is 1.92 bits per heavy atom. The van der Waals surface area contributed by atoms with Crippen molar-refractivity contribution >= 4 is 22.6 Å². The van der Waals surface area contributed by atoms with Gasteiger partial charge in [-0.15, -0.1) is 0 Å². The van der Waals surface area contributed by atoms with Gasteiger partial charge < -0.3 is 24.3 Å². The van der Waals surface area contributed by atoms with E-state index in [4.69, 9.17) is 18.9 Å². The van der Waals surface area contributed by atoms with Crippen molar-refractivity contribution in [2.45, 2.75) is 50.2 Å². The molecule has 1 atom stereocenters. The molecule has 0 radical (unpaired) electrons. The fraction of sp³-hybridized carbons (Fsp3) is 0.310. The summed E-state index contributed by atoms with van der Waals surface area (Å²) in [5, 5.41) is 4.71. The molecular formula is C29H29NO6. The Balaban J connectivity index is 1.57. The Morgan fingerprint density at radius 3 is 2.64 bits per heavy atom. The van der Waals surface area contributed by atoms with E-state index in [0.717, 1.165) is 42.0 Å². The first kappa shape index (κ1) is 23.7. The second-order valence-corrected chi connectivity index (χ2v) is 9.15. The molecule has 7 nitrogen and oxygen atoms in total. The van der Waals surface area contributed by atoms with Gasteiger partial charge in [-0.05, 0) is 42.7 Å². The maximum atomic E-state index is 13.7. The molecule has 186 valence electrons. The first-order valence-electron chi connectivity index (χ1n) is 12.2. The highest BCUT2D eigenvalue weighted by molar-refractivity contribution is 6.05. The first-order valence-corrected chi connectivity index (χ1v) is 12.2. The summed E-state index contributed by atoms with van der Waals surface area (Å²) in [5.74, 6) is 0.107. The molecule has 1 saturated carbocycles. The molecule has 0 bridgehead atoms. The molecule has 0 spiro atoms. The van der Waals surface area contributed by atoms with Gasteiger partial charge in [0.25, 0.3) is 5.91 Å². The highest BCUT2D eigenvalue weighted by Crippen LogP contribution is 2.37. The molecule has 2 aromatic rings. The van der Waals surface area contributed by atoms with Gasteiger partial charge in [0.05, 0.1) is 12.7 Å². The number of benzene rings is 2. The van der Waals surface area contributed by atoms with Crippen LogP contribution in [0, 0.1) is 0 Å². The minimum Gasteiger partial charge on any atom is -0.476 e. The molecule has 7 heteroatoms. The topological polar surface area (TPSA) is 83.1 Å². The van der Waals surface area contributed by atoms with Crippen LogP contribution >= 0.6 is 0 Å². The lowest BCUT2D eigenvalue weighted by molar-refractivity contribution is -0.148. The number of hydrogen-bond donors (Lipinski definition) is 1. The smallest absolute Gasteiger partial charge is 0.331 e. The van der Waals surface area contributed by atoms with Gasteiger partial charge in [0.15, 0.2) is 11.9 Å². The SMILES string of the molecule is COC(=O)C1(NC(=O)c2ccc3ccccc3c2OC(C2=CC=CCC2)C2=COC=CO2)CCCC1. The van der Waals surface area contributed by atoms with E-state index in [9.17, 15) is 9.59 Å². The van der Waals surface area contributed by atoms with Gasteiger partial charge in [0.2, 0.25) is 0 Å². The maximum Gasteiger partial charge on any atom is 0.331 e. The Labute approximate surface area is 210 Å². The predicted molar refractivity (Wildman–Crippen MR) is 135 cm³/mol. The van der Waals surface area contributed by atoms with Crippen LogP contribution in [0.25, 0.3) is 10.8 Å². The Bertz CT molecular complexity index is 1280. The molecule has 2 aromatic carbocycles. The molecule has 5 rings (SSSR count). The Morgan fingerprint density at radius 1 is 1.08 bits per heavy atom. The van der Waals surface area contributed by atoms with Gasteiger partial charge in [0, 0.05) is 5.39 Å². The number of fused-ring (bicyclic) bond motifs is 1. The summed E-state index contributed by atoms with van der Waals surface area (Å²) in [5.41, 5.74) is 0.316. The zero-order chi connectivity index (χ0) is 25.0. The number of ether oxygens (including phenoxy) is 4. The quantitative estimate of drug-likeness (QED) is 0.524. The van der Waals surface area contributed by atoms with E-state index in [0.29, 0.717) is 29.9 Å². The molecule has 1 aliphatic heterocycles. The van der Waals surface area contributed by atoms with E-state index in [2.05, 4.69) is 11.4 Å². The molecule has 1 fully saturated rings. The van der Waals surface area contributed by atoms with Gasteiger partial charge in [-0.2, -0.15) is 0 Å². The minimum absolute atomic E-state index is 0.341. The monoisotopic (exact) mass is 487 g/mol. The molecular weight excluding hydrogens is 458 g/mol. The van der Waals surface area contributed by atoms with E-state index in [1.165, 1.54) is 25.9 Å². The molecule has 1 N–H and O–H groups in total. The molecule has 3 aliphatic rings. The summed E-state index contributed by atoms with van der Waals surface area (Å²) in [6.45, 7) is 0. The minimum atomic E-state index is -1.03. The molecule has 0 saturated heterocycles. The zero-order valence-corrected chi connectivity index (χ0v) is 20.2. The third-order valence-electron chi connectivity index (χ3n) is 6.91. The van der Waals surface area contributed by atoms with Crippen LogP contribution < -0.4 is 10.1 Å². The molecule has 1 amide bonds. The van der Waals surface area contributed by atoms with E-state index < -0.39 is 17.6 Å². The first-order chi connectivity index (χ1) is 17.6. The van der Waals surface area contributed by atoms with Gasteiger partial charge in [-0.1, -0.05) is 61.4 Å². The van der Waals surface area contributed by atoms with Crippen molar-refractivity contribution in [3.8, 4) is 5.75 Å². The summed E-state index contributed by atoms with van der Waals surface area (Å²) < 4.78 is 22.8.